The molecule has 2 N–H and O–H groups in total. The fraction of sp³-hybridized carbons (Fsp3) is 0.278. The van der Waals surface area contributed by atoms with E-state index in [1.165, 1.54) is 12.1 Å². The molecule has 0 aliphatic heterocycles. The molecule has 1 atom stereocenters. The lowest BCUT2D eigenvalue weighted by atomic mass is 9.94. The molecule has 22 heavy (non-hydrogen) atoms. The number of aliphatic hydroxyl groups excluding tert-OH is 1. The Hall–Kier alpha value is -2.04. The molecule has 0 saturated heterocycles. The highest BCUT2D eigenvalue weighted by Gasteiger charge is 2.21. The summed E-state index contributed by atoms with van der Waals surface area (Å²) in [6, 6.07) is 12.5. The summed E-state index contributed by atoms with van der Waals surface area (Å²) in [6.45, 7) is 3.18. The first kappa shape index (κ1) is 16.3. The molecule has 0 spiro atoms. The molecule has 0 aromatic heterocycles. The molecule has 116 valence electrons. The van der Waals surface area contributed by atoms with E-state index in [2.05, 4.69) is 0 Å². The monoisotopic (exact) mass is 302 g/mol. The second-order valence-corrected chi connectivity index (χ2v) is 5.97. The minimum absolute atomic E-state index is 0.155. The first-order valence-corrected chi connectivity index (χ1v) is 7.06. The summed E-state index contributed by atoms with van der Waals surface area (Å²) >= 11 is 0. The van der Waals surface area contributed by atoms with E-state index in [1.54, 1.807) is 44.2 Å². The molecule has 0 bridgehead atoms. The van der Waals surface area contributed by atoms with E-state index in [1.807, 2.05) is 0 Å². The number of ketones is 1. The standard InChI is InChI=1S/C18H19FO3/c1-18(2,22)11-14-9-8-13(10-15(14)19)17(21)16(20)12-6-4-3-5-7-12/h3-10,17,21-22H,11H2,1-2H3. The van der Waals surface area contributed by atoms with Gasteiger partial charge in [0, 0.05) is 12.0 Å². The maximum absolute atomic E-state index is 14.1. The molecule has 0 amide bonds. The predicted molar refractivity (Wildman–Crippen MR) is 82.1 cm³/mol. The van der Waals surface area contributed by atoms with Crippen molar-refractivity contribution in [2.45, 2.75) is 32.0 Å². The highest BCUT2D eigenvalue weighted by Crippen LogP contribution is 2.23. The smallest absolute Gasteiger partial charge is 0.195 e. The molecular weight excluding hydrogens is 283 g/mol. The topological polar surface area (TPSA) is 57.5 Å². The second-order valence-electron chi connectivity index (χ2n) is 5.97. The van der Waals surface area contributed by atoms with Gasteiger partial charge in [-0.15, -0.1) is 0 Å². The molecule has 1 unspecified atom stereocenters. The van der Waals surface area contributed by atoms with Crippen molar-refractivity contribution in [2.75, 3.05) is 0 Å². The summed E-state index contributed by atoms with van der Waals surface area (Å²) in [5.41, 5.74) is -0.113. The van der Waals surface area contributed by atoms with Gasteiger partial charge in [-0.3, -0.25) is 4.79 Å². The van der Waals surface area contributed by atoms with Crippen molar-refractivity contribution in [3.63, 3.8) is 0 Å². The molecule has 2 aromatic carbocycles. The van der Waals surface area contributed by atoms with Gasteiger partial charge in [-0.1, -0.05) is 42.5 Å². The zero-order valence-electron chi connectivity index (χ0n) is 12.6. The average Bonchev–Trinajstić information content (AvgIpc) is 2.47. The van der Waals surface area contributed by atoms with Crippen LogP contribution in [0, 0.1) is 5.82 Å². The molecule has 4 heteroatoms. The van der Waals surface area contributed by atoms with Crippen LogP contribution >= 0.6 is 0 Å². The number of Topliss-reactive ketones (excluding diaryl/α,β-unsaturated/α-hetero) is 1. The molecule has 0 radical (unpaired) electrons. The summed E-state index contributed by atoms with van der Waals surface area (Å²) < 4.78 is 14.1. The van der Waals surface area contributed by atoms with Crippen LogP contribution in [0.3, 0.4) is 0 Å². The van der Waals surface area contributed by atoms with E-state index >= 15 is 0 Å². The molecule has 0 saturated carbocycles. The Kier molecular flexibility index (Phi) is 4.74. The Morgan fingerprint density at radius 3 is 2.36 bits per heavy atom. The van der Waals surface area contributed by atoms with Crippen molar-refractivity contribution in [1.29, 1.82) is 0 Å². The molecule has 2 rings (SSSR count). The van der Waals surface area contributed by atoms with E-state index in [4.69, 9.17) is 0 Å². The highest BCUT2D eigenvalue weighted by atomic mass is 19.1. The van der Waals surface area contributed by atoms with Gasteiger partial charge >= 0.3 is 0 Å². The van der Waals surface area contributed by atoms with E-state index in [9.17, 15) is 19.4 Å². The first-order chi connectivity index (χ1) is 10.3. The Morgan fingerprint density at radius 2 is 1.82 bits per heavy atom. The van der Waals surface area contributed by atoms with Gasteiger partial charge < -0.3 is 10.2 Å². The number of halogens is 1. The van der Waals surface area contributed by atoms with Gasteiger partial charge in [0.25, 0.3) is 0 Å². The number of benzene rings is 2. The number of hydrogen-bond acceptors (Lipinski definition) is 3. The van der Waals surface area contributed by atoms with Gasteiger partial charge in [0.05, 0.1) is 5.60 Å². The Balaban J connectivity index is 2.23. The van der Waals surface area contributed by atoms with Gasteiger partial charge in [-0.05, 0) is 31.0 Å². The molecule has 0 aliphatic carbocycles. The first-order valence-electron chi connectivity index (χ1n) is 7.06. The van der Waals surface area contributed by atoms with Gasteiger partial charge in [-0.2, -0.15) is 0 Å². The van der Waals surface area contributed by atoms with E-state index < -0.39 is 23.3 Å². The van der Waals surface area contributed by atoms with Gasteiger partial charge in [-0.25, -0.2) is 4.39 Å². The number of aliphatic hydroxyl groups is 2. The summed E-state index contributed by atoms with van der Waals surface area (Å²) in [6.07, 6.45) is -1.25. The van der Waals surface area contributed by atoms with Crippen molar-refractivity contribution in [3.8, 4) is 0 Å². The Morgan fingerprint density at radius 1 is 1.18 bits per heavy atom. The third-order valence-electron chi connectivity index (χ3n) is 3.32. The largest absolute Gasteiger partial charge is 0.390 e. The summed E-state index contributed by atoms with van der Waals surface area (Å²) in [5, 5.41) is 19.9. The van der Waals surface area contributed by atoms with Crippen LogP contribution in [-0.2, 0) is 6.42 Å². The maximum atomic E-state index is 14.1. The normalized spacial score (nSPS) is 13.0. The van der Waals surface area contributed by atoms with Gasteiger partial charge in [0.15, 0.2) is 5.78 Å². The molecule has 2 aromatic rings. The van der Waals surface area contributed by atoms with Crippen molar-refractivity contribution in [2.24, 2.45) is 0 Å². The average molecular weight is 302 g/mol. The van der Waals surface area contributed by atoms with Crippen molar-refractivity contribution in [1.82, 2.24) is 0 Å². The Labute approximate surface area is 129 Å². The quantitative estimate of drug-likeness (QED) is 0.835. The lowest BCUT2D eigenvalue weighted by molar-refractivity contribution is 0.0743. The van der Waals surface area contributed by atoms with Crippen LogP contribution in [0.15, 0.2) is 48.5 Å². The fourth-order valence-electron chi connectivity index (χ4n) is 2.25. The lowest BCUT2D eigenvalue weighted by Crippen LogP contribution is -2.22. The van der Waals surface area contributed by atoms with Gasteiger partial charge in [0.1, 0.15) is 11.9 Å². The van der Waals surface area contributed by atoms with Gasteiger partial charge in [0.2, 0.25) is 0 Å². The van der Waals surface area contributed by atoms with E-state index in [0.29, 0.717) is 11.1 Å². The molecule has 0 aliphatic rings. The van der Waals surface area contributed by atoms with E-state index in [-0.39, 0.29) is 12.0 Å². The predicted octanol–water partition coefficient (Wildman–Crippen LogP) is 3.06. The summed E-state index contributed by atoms with van der Waals surface area (Å²) in [5.74, 6) is -1.02. The lowest BCUT2D eigenvalue weighted by Gasteiger charge is -2.18. The number of carbonyl (C=O) groups excluding carboxylic acids is 1. The minimum atomic E-state index is -1.41. The van der Waals surface area contributed by atoms with Crippen LogP contribution in [0.25, 0.3) is 0 Å². The molecular formula is C18H19FO3. The van der Waals surface area contributed by atoms with Crippen LogP contribution in [0.1, 0.15) is 41.4 Å². The minimum Gasteiger partial charge on any atom is -0.390 e. The number of rotatable bonds is 5. The Bertz CT molecular complexity index is 660. The molecule has 3 nitrogen and oxygen atoms in total. The molecule has 0 fully saturated rings. The maximum Gasteiger partial charge on any atom is 0.195 e. The van der Waals surface area contributed by atoms with Crippen LogP contribution in [0.5, 0.6) is 0 Å². The zero-order chi connectivity index (χ0) is 16.3. The highest BCUT2D eigenvalue weighted by molar-refractivity contribution is 5.99. The number of hydrogen-bond donors (Lipinski definition) is 2. The van der Waals surface area contributed by atoms with Crippen molar-refractivity contribution >= 4 is 5.78 Å². The summed E-state index contributed by atoms with van der Waals surface area (Å²) in [4.78, 5) is 12.2. The second kappa shape index (κ2) is 6.38. The van der Waals surface area contributed by atoms with Crippen molar-refractivity contribution in [3.05, 3.63) is 71.0 Å². The van der Waals surface area contributed by atoms with Crippen LogP contribution in [-0.4, -0.2) is 21.6 Å². The SMILES string of the molecule is CC(C)(O)Cc1ccc(C(O)C(=O)c2ccccc2)cc1F. The third-order valence-corrected chi connectivity index (χ3v) is 3.32. The fourth-order valence-corrected chi connectivity index (χ4v) is 2.25. The van der Waals surface area contributed by atoms with Crippen LogP contribution < -0.4 is 0 Å². The van der Waals surface area contributed by atoms with Crippen LogP contribution in [0.2, 0.25) is 0 Å². The zero-order valence-corrected chi connectivity index (χ0v) is 12.6. The molecule has 0 heterocycles. The van der Waals surface area contributed by atoms with E-state index in [0.717, 1.165) is 6.07 Å². The third kappa shape index (κ3) is 4.00. The summed E-state index contributed by atoms with van der Waals surface area (Å²) in [7, 11) is 0. The number of carbonyl (C=O) groups is 1. The van der Waals surface area contributed by atoms with Crippen molar-refractivity contribution < 1.29 is 19.4 Å². The van der Waals surface area contributed by atoms with Crippen LogP contribution in [0.4, 0.5) is 4.39 Å².